The Hall–Kier alpha value is -2.41. The van der Waals surface area contributed by atoms with Gasteiger partial charge in [0.25, 0.3) is 0 Å². The summed E-state index contributed by atoms with van der Waals surface area (Å²) in [5.74, 6) is -0.220. The second-order valence-electron chi connectivity index (χ2n) is 5.02. The summed E-state index contributed by atoms with van der Waals surface area (Å²) >= 11 is 0. The molecule has 0 aliphatic rings. The third-order valence-corrected chi connectivity index (χ3v) is 2.79. The van der Waals surface area contributed by atoms with Gasteiger partial charge < -0.3 is 0 Å². The highest BCUT2D eigenvalue weighted by Crippen LogP contribution is 2.20. The monoisotopic (exact) mass is 326 g/mol. The van der Waals surface area contributed by atoms with Crippen molar-refractivity contribution in [3.05, 3.63) is 110 Å². The van der Waals surface area contributed by atoms with E-state index in [1.807, 2.05) is 51.2 Å². The molecule has 0 radical (unpaired) electrons. The molecule has 0 rings (SSSR count). The van der Waals surface area contributed by atoms with E-state index in [1.165, 1.54) is 6.08 Å². The fraction of sp³-hybridized carbons (Fsp3) is 0.217. The van der Waals surface area contributed by atoms with Gasteiger partial charge in [-0.1, -0.05) is 74.8 Å². The van der Waals surface area contributed by atoms with Crippen LogP contribution in [0.4, 0.5) is 4.39 Å². The lowest BCUT2D eigenvalue weighted by Crippen LogP contribution is -1.87. The van der Waals surface area contributed by atoms with Gasteiger partial charge >= 0.3 is 0 Å². The van der Waals surface area contributed by atoms with Gasteiger partial charge in [0.15, 0.2) is 0 Å². The molecule has 0 atom stereocenters. The number of allylic oxidation sites excluding steroid dienone is 13. The van der Waals surface area contributed by atoms with Crippen LogP contribution in [0.2, 0.25) is 0 Å². The Balaban J connectivity index is 0. The van der Waals surface area contributed by atoms with Crippen molar-refractivity contribution in [2.75, 3.05) is 0 Å². The lowest BCUT2D eigenvalue weighted by Gasteiger charge is -2.05. The van der Waals surface area contributed by atoms with E-state index in [0.717, 1.165) is 28.7 Å². The van der Waals surface area contributed by atoms with E-state index < -0.39 is 0 Å². The fourth-order valence-corrected chi connectivity index (χ4v) is 1.73. The average molecular weight is 326 g/mol. The Kier molecular flexibility index (Phi) is 15.4. The van der Waals surface area contributed by atoms with Gasteiger partial charge in [0.2, 0.25) is 0 Å². The summed E-state index contributed by atoms with van der Waals surface area (Å²) in [6.07, 6.45) is 15.7. The summed E-state index contributed by atoms with van der Waals surface area (Å²) < 4.78 is 14.2. The van der Waals surface area contributed by atoms with Crippen molar-refractivity contribution in [2.45, 2.75) is 33.6 Å². The summed E-state index contributed by atoms with van der Waals surface area (Å²) in [6, 6.07) is 0. The second kappa shape index (κ2) is 15.5. The lowest BCUT2D eigenvalue weighted by atomic mass is 10.0. The van der Waals surface area contributed by atoms with Crippen LogP contribution in [0.25, 0.3) is 0 Å². The summed E-state index contributed by atoms with van der Waals surface area (Å²) in [4.78, 5) is 0. The van der Waals surface area contributed by atoms with Crippen LogP contribution in [0.15, 0.2) is 110 Å². The van der Waals surface area contributed by atoms with Crippen molar-refractivity contribution in [1.82, 2.24) is 0 Å². The molecule has 0 saturated heterocycles. The van der Waals surface area contributed by atoms with Crippen molar-refractivity contribution in [2.24, 2.45) is 0 Å². The van der Waals surface area contributed by atoms with Gasteiger partial charge in [-0.3, -0.25) is 0 Å². The molecule has 0 aliphatic heterocycles. The number of hydrogen-bond acceptors (Lipinski definition) is 0. The van der Waals surface area contributed by atoms with Gasteiger partial charge in [-0.25, -0.2) is 4.39 Å². The zero-order valence-corrected chi connectivity index (χ0v) is 15.4. The SMILES string of the molecule is C=C.C=C/C=C(\C=C(\F)CC(=C)/C=C\CC)C(/C=C\C(=C)C)=C/C. The molecule has 130 valence electrons. The normalized spacial score (nSPS) is 12.9. The van der Waals surface area contributed by atoms with E-state index in [2.05, 4.69) is 32.9 Å². The second-order valence-corrected chi connectivity index (χ2v) is 5.02. The average Bonchev–Trinajstić information content (AvgIpc) is 2.55. The maximum atomic E-state index is 14.2. The van der Waals surface area contributed by atoms with E-state index in [-0.39, 0.29) is 12.2 Å². The summed E-state index contributed by atoms with van der Waals surface area (Å²) in [5, 5.41) is 0. The zero-order valence-electron chi connectivity index (χ0n) is 15.4. The first-order chi connectivity index (χ1) is 11.4. The van der Waals surface area contributed by atoms with Crippen LogP contribution in [0.3, 0.4) is 0 Å². The van der Waals surface area contributed by atoms with Gasteiger partial charge in [-0.05, 0) is 43.1 Å². The Morgan fingerprint density at radius 2 is 1.67 bits per heavy atom. The molecule has 0 fully saturated rings. The highest BCUT2D eigenvalue weighted by molar-refractivity contribution is 5.49. The molecule has 0 unspecified atom stereocenters. The van der Waals surface area contributed by atoms with Crippen LogP contribution in [0.1, 0.15) is 33.6 Å². The Labute approximate surface area is 148 Å². The summed E-state index contributed by atoms with van der Waals surface area (Å²) in [6.45, 7) is 23.3. The number of hydrogen-bond donors (Lipinski definition) is 0. The molecule has 24 heavy (non-hydrogen) atoms. The lowest BCUT2D eigenvalue weighted by molar-refractivity contribution is 0.613. The molecule has 0 heterocycles. The Bertz CT molecular complexity index is 563. The minimum atomic E-state index is -0.220. The third kappa shape index (κ3) is 12.2. The first-order valence-corrected chi connectivity index (χ1v) is 7.97. The maximum absolute atomic E-state index is 14.2. The maximum Gasteiger partial charge on any atom is 0.105 e. The molecule has 0 nitrogen and oxygen atoms in total. The quantitative estimate of drug-likeness (QED) is 0.300. The van der Waals surface area contributed by atoms with Gasteiger partial charge in [0.1, 0.15) is 5.83 Å². The van der Waals surface area contributed by atoms with Crippen LogP contribution >= 0.6 is 0 Å². The van der Waals surface area contributed by atoms with E-state index in [0.29, 0.717) is 0 Å². The minimum absolute atomic E-state index is 0.214. The van der Waals surface area contributed by atoms with Gasteiger partial charge in [0.05, 0.1) is 0 Å². The molecule has 0 bridgehead atoms. The van der Waals surface area contributed by atoms with Crippen molar-refractivity contribution in [3.8, 4) is 0 Å². The van der Waals surface area contributed by atoms with Crippen molar-refractivity contribution in [1.29, 1.82) is 0 Å². The van der Waals surface area contributed by atoms with Crippen LogP contribution in [-0.2, 0) is 0 Å². The topological polar surface area (TPSA) is 0 Å². The molecule has 0 N–H and O–H groups in total. The van der Waals surface area contributed by atoms with Crippen LogP contribution in [0, 0.1) is 0 Å². The smallest absolute Gasteiger partial charge is 0.105 e. The number of rotatable bonds is 9. The molecular formula is C23H31F. The molecule has 0 aromatic heterocycles. The van der Waals surface area contributed by atoms with Crippen molar-refractivity contribution >= 4 is 0 Å². The van der Waals surface area contributed by atoms with Crippen molar-refractivity contribution in [3.63, 3.8) is 0 Å². The van der Waals surface area contributed by atoms with E-state index in [1.54, 1.807) is 12.2 Å². The Morgan fingerprint density at radius 3 is 2.12 bits per heavy atom. The van der Waals surface area contributed by atoms with E-state index in [4.69, 9.17) is 0 Å². The first kappa shape index (κ1) is 23.9. The van der Waals surface area contributed by atoms with Gasteiger partial charge in [-0.2, -0.15) is 0 Å². The predicted molar refractivity (Wildman–Crippen MR) is 110 cm³/mol. The molecule has 1 heteroatoms. The predicted octanol–water partition coefficient (Wildman–Crippen LogP) is 7.75. The highest BCUT2D eigenvalue weighted by atomic mass is 19.1. The molecule has 0 spiro atoms. The number of halogens is 1. The van der Waals surface area contributed by atoms with Crippen molar-refractivity contribution < 1.29 is 4.39 Å². The summed E-state index contributed by atoms with van der Waals surface area (Å²) in [5.41, 5.74) is 3.40. The highest BCUT2D eigenvalue weighted by Gasteiger charge is 2.02. The van der Waals surface area contributed by atoms with Crippen LogP contribution in [0.5, 0.6) is 0 Å². The summed E-state index contributed by atoms with van der Waals surface area (Å²) in [7, 11) is 0. The Morgan fingerprint density at radius 1 is 1.04 bits per heavy atom. The molecular weight excluding hydrogens is 295 g/mol. The first-order valence-electron chi connectivity index (χ1n) is 7.97. The van der Waals surface area contributed by atoms with E-state index in [9.17, 15) is 4.39 Å². The standard InChI is InChI=1S/C21H27F.C2H4/c1-7-10-12-18(6)15-21(22)16-20(11-8-2)19(9-3)14-13-17(4)5;1-2/h8-14,16H,2,4,6-7,15H2,1,3,5H3;1-2H2/b12-10-,14-13-,19-9+,20-11+,21-16+;. The van der Waals surface area contributed by atoms with Crippen LogP contribution in [-0.4, -0.2) is 0 Å². The van der Waals surface area contributed by atoms with Gasteiger partial charge in [-0.15, -0.1) is 13.2 Å². The molecule has 0 saturated carbocycles. The van der Waals surface area contributed by atoms with Crippen LogP contribution < -0.4 is 0 Å². The molecule has 0 aromatic rings. The largest absolute Gasteiger partial charge is 0.211 e. The third-order valence-electron chi connectivity index (χ3n) is 2.79. The molecule has 0 aliphatic carbocycles. The van der Waals surface area contributed by atoms with E-state index >= 15 is 0 Å². The molecule has 0 aromatic carbocycles. The van der Waals surface area contributed by atoms with Gasteiger partial charge in [0, 0.05) is 6.42 Å². The minimum Gasteiger partial charge on any atom is -0.211 e. The fourth-order valence-electron chi connectivity index (χ4n) is 1.73. The molecule has 0 amide bonds. The zero-order chi connectivity index (χ0) is 19.0.